The van der Waals surface area contributed by atoms with Gasteiger partial charge in [-0.3, -0.25) is 14.6 Å². The zero-order valence-electron chi connectivity index (χ0n) is 15.7. The average molecular weight is 392 g/mol. The lowest BCUT2D eigenvalue weighted by Crippen LogP contribution is -2.38. The lowest BCUT2D eigenvalue weighted by Gasteiger charge is -2.17. The molecule has 0 aliphatic rings. The van der Waals surface area contributed by atoms with Gasteiger partial charge in [0.25, 0.3) is 5.56 Å². The number of carbonyl (C=O) groups is 1. The standard InChI is InChI=1S/C21H20N4O2S/c1-3-16(20(26)23-12-14-8-6-7-11-22-14)25-21(27)18-15-9-4-5-10-17(15)28-19(18)13(2)24-25/h4-11,16H,3,12H2,1-2H3,(H,23,26)/t16-/m1/s1. The molecule has 0 saturated carbocycles. The highest BCUT2D eigenvalue weighted by Crippen LogP contribution is 2.33. The van der Waals surface area contributed by atoms with Crippen molar-refractivity contribution in [2.75, 3.05) is 0 Å². The summed E-state index contributed by atoms with van der Waals surface area (Å²) in [7, 11) is 0. The SMILES string of the molecule is CC[C@H](C(=O)NCc1ccccn1)n1nc(C)c2sc3ccccc3c2c1=O. The number of nitrogens with zero attached hydrogens (tertiary/aromatic N) is 3. The second-order valence-corrected chi connectivity index (χ2v) is 7.65. The number of fused-ring (bicyclic) bond motifs is 3. The molecule has 28 heavy (non-hydrogen) atoms. The van der Waals surface area contributed by atoms with Crippen LogP contribution in [0.5, 0.6) is 0 Å². The number of thiophene rings is 1. The van der Waals surface area contributed by atoms with E-state index in [1.165, 1.54) is 4.68 Å². The highest BCUT2D eigenvalue weighted by molar-refractivity contribution is 7.26. The van der Waals surface area contributed by atoms with Crippen molar-refractivity contribution in [3.05, 3.63) is 70.4 Å². The molecule has 6 nitrogen and oxygen atoms in total. The van der Waals surface area contributed by atoms with Crippen molar-refractivity contribution in [3.63, 3.8) is 0 Å². The van der Waals surface area contributed by atoms with Gasteiger partial charge in [0.1, 0.15) is 6.04 Å². The molecule has 0 aliphatic carbocycles. The maximum absolute atomic E-state index is 13.2. The Balaban J connectivity index is 1.73. The average Bonchev–Trinajstić information content (AvgIpc) is 3.12. The van der Waals surface area contributed by atoms with Crippen molar-refractivity contribution < 1.29 is 4.79 Å². The van der Waals surface area contributed by atoms with Crippen LogP contribution in [0.4, 0.5) is 0 Å². The van der Waals surface area contributed by atoms with E-state index in [-0.39, 0.29) is 11.5 Å². The van der Waals surface area contributed by atoms with Gasteiger partial charge in [0.15, 0.2) is 0 Å². The van der Waals surface area contributed by atoms with Gasteiger partial charge in [-0.25, -0.2) is 4.68 Å². The molecule has 0 bridgehead atoms. The van der Waals surface area contributed by atoms with Crippen LogP contribution in [-0.2, 0) is 11.3 Å². The summed E-state index contributed by atoms with van der Waals surface area (Å²) in [6.45, 7) is 4.07. The van der Waals surface area contributed by atoms with Crippen molar-refractivity contribution >= 4 is 37.4 Å². The molecular weight excluding hydrogens is 372 g/mol. The number of aryl methyl sites for hydroxylation is 1. The Morgan fingerprint density at radius 3 is 2.75 bits per heavy atom. The highest BCUT2D eigenvalue weighted by atomic mass is 32.1. The van der Waals surface area contributed by atoms with Crippen LogP contribution in [-0.4, -0.2) is 20.7 Å². The summed E-state index contributed by atoms with van der Waals surface area (Å²) in [6, 6.07) is 12.7. The maximum Gasteiger partial charge on any atom is 0.276 e. The van der Waals surface area contributed by atoms with Crippen LogP contribution in [0.1, 0.15) is 30.8 Å². The molecule has 0 unspecified atom stereocenters. The molecule has 1 aromatic carbocycles. The van der Waals surface area contributed by atoms with E-state index in [4.69, 9.17) is 0 Å². The molecule has 142 valence electrons. The van der Waals surface area contributed by atoms with Crippen LogP contribution in [0, 0.1) is 6.92 Å². The van der Waals surface area contributed by atoms with Gasteiger partial charge in [-0.15, -0.1) is 11.3 Å². The van der Waals surface area contributed by atoms with Gasteiger partial charge in [0.2, 0.25) is 5.91 Å². The normalized spacial score (nSPS) is 12.4. The van der Waals surface area contributed by atoms with Crippen LogP contribution in [0.2, 0.25) is 0 Å². The Bertz CT molecular complexity index is 1210. The van der Waals surface area contributed by atoms with E-state index < -0.39 is 6.04 Å². The minimum atomic E-state index is -0.669. The largest absolute Gasteiger partial charge is 0.349 e. The Morgan fingerprint density at radius 2 is 2.00 bits per heavy atom. The Kier molecular flexibility index (Phi) is 4.92. The summed E-state index contributed by atoms with van der Waals surface area (Å²) >= 11 is 1.56. The number of benzene rings is 1. The van der Waals surface area contributed by atoms with Crippen molar-refractivity contribution in [1.82, 2.24) is 20.1 Å². The molecule has 4 aromatic rings. The first kappa shape index (κ1) is 18.3. The van der Waals surface area contributed by atoms with Crippen molar-refractivity contribution in [2.45, 2.75) is 32.9 Å². The third-order valence-electron chi connectivity index (χ3n) is 4.76. The number of hydrogen-bond donors (Lipinski definition) is 1. The molecule has 0 saturated heterocycles. The topological polar surface area (TPSA) is 76.9 Å². The molecule has 1 N–H and O–H groups in total. The van der Waals surface area contributed by atoms with E-state index in [1.54, 1.807) is 17.5 Å². The number of hydrogen-bond acceptors (Lipinski definition) is 5. The van der Waals surface area contributed by atoms with E-state index in [0.29, 0.717) is 18.4 Å². The van der Waals surface area contributed by atoms with Crippen molar-refractivity contribution in [1.29, 1.82) is 0 Å². The summed E-state index contributed by atoms with van der Waals surface area (Å²) in [4.78, 5) is 30.3. The van der Waals surface area contributed by atoms with E-state index in [0.717, 1.165) is 26.2 Å². The number of pyridine rings is 1. The van der Waals surface area contributed by atoms with E-state index in [1.807, 2.05) is 56.3 Å². The van der Waals surface area contributed by atoms with Crippen LogP contribution in [0.3, 0.4) is 0 Å². The number of amides is 1. The number of nitrogens with one attached hydrogen (secondary N) is 1. The fraction of sp³-hybridized carbons (Fsp3) is 0.238. The van der Waals surface area contributed by atoms with Crippen LogP contribution in [0.15, 0.2) is 53.5 Å². The predicted molar refractivity (Wildman–Crippen MR) is 112 cm³/mol. The van der Waals surface area contributed by atoms with Gasteiger partial charge in [-0.2, -0.15) is 5.10 Å². The zero-order valence-corrected chi connectivity index (χ0v) is 16.5. The molecule has 1 atom stereocenters. The van der Waals surface area contributed by atoms with Gasteiger partial charge in [-0.05, 0) is 31.5 Å². The quantitative estimate of drug-likeness (QED) is 0.563. The summed E-state index contributed by atoms with van der Waals surface area (Å²) in [6.07, 6.45) is 2.15. The van der Waals surface area contributed by atoms with Crippen LogP contribution in [0.25, 0.3) is 20.2 Å². The van der Waals surface area contributed by atoms with Gasteiger partial charge < -0.3 is 5.32 Å². The number of rotatable bonds is 5. The molecule has 0 spiro atoms. The van der Waals surface area contributed by atoms with Gasteiger partial charge >= 0.3 is 0 Å². The number of carbonyl (C=O) groups excluding carboxylic acids is 1. The van der Waals surface area contributed by atoms with Gasteiger partial charge in [-0.1, -0.05) is 31.2 Å². The molecule has 7 heteroatoms. The Labute approximate surface area is 165 Å². The minimum Gasteiger partial charge on any atom is -0.349 e. The molecule has 0 aliphatic heterocycles. The molecule has 3 heterocycles. The second kappa shape index (κ2) is 7.52. The second-order valence-electron chi connectivity index (χ2n) is 6.60. The maximum atomic E-state index is 13.2. The lowest BCUT2D eigenvalue weighted by molar-refractivity contribution is -0.125. The fourth-order valence-electron chi connectivity index (χ4n) is 3.36. The van der Waals surface area contributed by atoms with Crippen LogP contribution >= 0.6 is 11.3 Å². The smallest absolute Gasteiger partial charge is 0.276 e. The lowest BCUT2D eigenvalue weighted by atomic mass is 10.1. The summed E-state index contributed by atoms with van der Waals surface area (Å²) in [5.41, 5.74) is 1.30. The molecule has 1 amide bonds. The van der Waals surface area contributed by atoms with Crippen molar-refractivity contribution in [2.24, 2.45) is 0 Å². The van der Waals surface area contributed by atoms with Crippen LogP contribution < -0.4 is 10.9 Å². The monoisotopic (exact) mass is 392 g/mol. The number of aromatic nitrogens is 3. The van der Waals surface area contributed by atoms with E-state index >= 15 is 0 Å². The first-order chi connectivity index (χ1) is 13.6. The Hall–Kier alpha value is -3.06. The molecule has 4 rings (SSSR count). The van der Waals surface area contributed by atoms with E-state index in [9.17, 15) is 9.59 Å². The first-order valence-corrected chi connectivity index (χ1v) is 10.00. The molecule has 0 fully saturated rings. The molecule has 0 radical (unpaired) electrons. The highest BCUT2D eigenvalue weighted by Gasteiger charge is 2.24. The summed E-state index contributed by atoms with van der Waals surface area (Å²) in [5.74, 6) is -0.235. The minimum absolute atomic E-state index is 0.224. The van der Waals surface area contributed by atoms with Gasteiger partial charge in [0.05, 0.1) is 28.0 Å². The van der Waals surface area contributed by atoms with E-state index in [2.05, 4.69) is 15.4 Å². The third-order valence-corrected chi connectivity index (χ3v) is 6.04. The molecular formula is C21H20N4O2S. The first-order valence-electron chi connectivity index (χ1n) is 9.18. The third kappa shape index (κ3) is 3.18. The Morgan fingerprint density at radius 1 is 1.21 bits per heavy atom. The predicted octanol–water partition coefficient (Wildman–Crippen LogP) is 3.58. The fourth-order valence-corrected chi connectivity index (χ4v) is 4.49. The zero-order chi connectivity index (χ0) is 19.7. The summed E-state index contributed by atoms with van der Waals surface area (Å²) < 4.78 is 3.26. The van der Waals surface area contributed by atoms with Crippen molar-refractivity contribution in [3.8, 4) is 0 Å². The molecule has 3 aromatic heterocycles. The summed E-state index contributed by atoms with van der Waals surface area (Å²) in [5, 5.41) is 8.91. The van der Waals surface area contributed by atoms with Gasteiger partial charge in [0, 0.05) is 16.3 Å².